The summed E-state index contributed by atoms with van der Waals surface area (Å²) in [6, 6.07) is 9.33. The predicted octanol–water partition coefficient (Wildman–Crippen LogP) is 4.02. The third-order valence-electron chi connectivity index (χ3n) is 4.55. The molecule has 1 aliphatic rings. The van der Waals surface area contributed by atoms with E-state index in [0.29, 0.717) is 16.3 Å². The molecule has 3 aromatic rings. The number of amides is 1. The first-order valence-corrected chi connectivity index (χ1v) is 9.13. The van der Waals surface area contributed by atoms with Gasteiger partial charge in [-0.15, -0.1) is 11.3 Å². The van der Waals surface area contributed by atoms with Gasteiger partial charge in [0.1, 0.15) is 15.5 Å². The lowest BCUT2D eigenvalue weighted by atomic mass is 9.95. The van der Waals surface area contributed by atoms with E-state index in [1.165, 1.54) is 29.7 Å². The Hall–Kier alpha value is -2.60. The average Bonchev–Trinajstić information content (AvgIpc) is 2.96. The van der Waals surface area contributed by atoms with E-state index in [0.717, 1.165) is 34.5 Å². The highest BCUT2D eigenvalue weighted by molar-refractivity contribution is 7.21. The van der Waals surface area contributed by atoms with Crippen LogP contribution in [0.2, 0.25) is 0 Å². The minimum atomic E-state index is -0.205. The van der Waals surface area contributed by atoms with Gasteiger partial charge in [-0.3, -0.25) is 4.79 Å². The molecule has 1 aliphatic carbocycles. The van der Waals surface area contributed by atoms with Gasteiger partial charge in [0.05, 0.1) is 12.8 Å². The number of benzene rings is 1. The molecule has 1 amide bonds. The largest absolute Gasteiger partial charge is 0.497 e. The zero-order chi connectivity index (χ0) is 17.4. The van der Waals surface area contributed by atoms with Crippen LogP contribution in [0, 0.1) is 0 Å². The molecule has 3 N–H and O–H groups in total. The van der Waals surface area contributed by atoms with Crippen LogP contribution in [0.5, 0.6) is 5.75 Å². The van der Waals surface area contributed by atoms with Gasteiger partial charge in [-0.2, -0.15) is 0 Å². The zero-order valence-electron chi connectivity index (χ0n) is 14.0. The first-order valence-electron chi connectivity index (χ1n) is 8.32. The Labute approximate surface area is 149 Å². The van der Waals surface area contributed by atoms with Gasteiger partial charge in [0.25, 0.3) is 5.91 Å². The Morgan fingerprint density at radius 3 is 2.76 bits per heavy atom. The number of methoxy groups -OCH3 is 1. The summed E-state index contributed by atoms with van der Waals surface area (Å²) in [6.07, 6.45) is 4.42. The first-order chi connectivity index (χ1) is 12.2. The maximum Gasteiger partial charge on any atom is 0.267 e. The van der Waals surface area contributed by atoms with E-state index < -0.39 is 0 Å². The minimum absolute atomic E-state index is 0.205. The number of carbonyl (C=O) groups is 1. The van der Waals surface area contributed by atoms with E-state index >= 15 is 0 Å². The molecule has 0 fully saturated rings. The van der Waals surface area contributed by atoms with Crippen molar-refractivity contribution < 1.29 is 9.53 Å². The number of pyridine rings is 1. The molecule has 0 bridgehead atoms. The summed E-state index contributed by atoms with van der Waals surface area (Å²) in [5.74, 6) is 0.540. The van der Waals surface area contributed by atoms with Crippen LogP contribution in [0.15, 0.2) is 30.3 Å². The van der Waals surface area contributed by atoms with Crippen LogP contribution in [0.3, 0.4) is 0 Å². The van der Waals surface area contributed by atoms with Crippen LogP contribution >= 0.6 is 11.3 Å². The molecule has 2 heterocycles. The number of hydrogen-bond acceptors (Lipinski definition) is 5. The molecule has 4 rings (SSSR count). The van der Waals surface area contributed by atoms with E-state index in [1.807, 2.05) is 0 Å². The Morgan fingerprint density at radius 2 is 2.00 bits per heavy atom. The molecule has 0 unspecified atom stereocenters. The van der Waals surface area contributed by atoms with Crippen molar-refractivity contribution >= 4 is 38.8 Å². The van der Waals surface area contributed by atoms with Gasteiger partial charge < -0.3 is 15.8 Å². The summed E-state index contributed by atoms with van der Waals surface area (Å²) in [6.45, 7) is 0. The van der Waals surface area contributed by atoms with Gasteiger partial charge >= 0.3 is 0 Å². The van der Waals surface area contributed by atoms with E-state index in [4.69, 9.17) is 15.5 Å². The lowest BCUT2D eigenvalue weighted by Gasteiger charge is -2.14. The van der Waals surface area contributed by atoms with Gasteiger partial charge in [-0.25, -0.2) is 4.98 Å². The molecular weight excluding hydrogens is 334 g/mol. The monoisotopic (exact) mass is 353 g/mol. The molecule has 25 heavy (non-hydrogen) atoms. The van der Waals surface area contributed by atoms with Crippen molar-refractivity contribution in [2.75, 3.05) is 18.2 Å². The summed E-state index contributed by atoms with van der Waals surface area (Å²) in [4.78, 5) is 18.8. The summed E-state index contributed by atoms with van der Waals surface area (Å²) in [7, 11) is 1.61. The third-order valence-corrected chi connectivity index (χ3v) is 5.67. The number of hydrogen-bond donors (Lipinski definition) is 2. The number of rotatable bonds is 3. The molecule has 0 radical (unpaired) electrons. The van der Waals surface area contributed by atoms with Crippen LogP contribution in [-0.2, 0) is 12.8 Å². The summed E-state index contributed by atoms with van der Waals surface area (Å²) in [5, 5.41) is 3.78. The number of nitrogens with one attached hydrogen (secondary N) is 1. The van der Waals surface area contributed by atoms with Crippen molar-refractivity contribution in [3.05, 3.63) is 46.5 Å². The first kappa shape index (κ1) is 15.9. The number of anilines is 2. The third kappa shape index (κ3) is 2.93. The quantitative estimate of drug-likeness (QED) is 0.745. The van der Waals surface area contributed by atoms with Gasteiger partial charge in [-0.05, 0) is 61.6 Å². The molecule has 0 saturated carbocycles. The number of fused-ring (bicyclic) bond motifs is 2. The minimum Gasteiger partial charge on any atom is -0.497 e. The van der Waals surface area contributed by atoms with Crippen LogP contribution in [0.1, 0.15) is 33.8 Å². The van der Waals surface area contributed by atoms with E-state index in [2.05, 4.69) is 11.4 Å². The molecule has 6 heteroatoms. The Balaban J connectivity index is 1.65. The Bertz CT molecular complexity index is 947. The molecule has 2 aromatic heterocycles. The standard InChI is InChI=1S/C19H19N3O2S/c1-24-13-8-6-12(7-9-13)21-18(23)17-16(20)14-10-11-4-2-3-5-15(11)22-19(14)25-17/h6-10H,2-5,20H2,1H3,(H,21,23). The number of ether oxygens (including phenoxy) is 1. The molecule has 0 aliphatic heterocycles. The second kappa shape index (κ2) is 6.37. The predicted molar refractivity (Wildman–Crippen MR) is 102 cm³/mol. The van der Waals surface area contributed by atoms with E-state index in [-0.39, 0.29) is 5.91 Å². The zero-order valence-corrected chi connectivity index (χ0v) is 14.8. The maximum atomic E-state index is 12.6. The number of nitrogens with zero attached hydrogens (tertiary/aromatic N) is 1. The van der Waals surface area contributed by atoms with Crippen LogP contribution in [-0.4, -0.2) is 18.0 Å². The maximum absolute atomic E-state index is 12.6. The number of aryl methyl sites for hydroxylation is 2. The number of thiophene rings is 1. The van der Waals surface area contributed by atoms with Gasteiger partial charge in [-0.1, -0.05) is 0 Å². The highest BCUT2D eigenvalue weighted by Gasteiger charge is 2.20. The molecule has 0 atom stereocenters. The fraction of sp³-hybridized carbons (Fsp3) is 0.263. The molecule has 0 spiro atoms. The topological polar surface area (TPSA) is 77.2 Å². The SMILES string of the molecule is COc1ccc(NC(=O)c2sc3nc4c(cc3c2N)CCCC4)cc1. The molecule has 1 aromatic carbocycles. The van der Waals surface area contributed by atoms with Crippen molar-refractivity contribution in [1.82, 2.24) is 4.98 Å². The molecular formula is C19H19N3O2S. The van der Waals surface area contributed by atoms with Crippen molar-refractivity contribution in [1.29, 1.82) is 0 Å². The van der Waals surface area contributed by atoms with Crippen LogP contribution < -0.4 is 15.8 Å². The van der Waals surface area contributed by atoms with Crippen LogP contribution in [0.25, 0.3) is 10.2 Å². The van der Waals surface area contributed by atoms with Crippen molar-refractivity contribution in [3.63, 3.8) is 0 Å². The molecule has 0 saturated heterocycles. The lowest BCUT2D eigenvalue weighted by Crippen LogP contribution is -2.11. The number of nitrogen functional groups attached to an aromatic ring is 1. The van der Waals surface area contributed by atoms with Crippen LogP contribution in [0.4, 0.5) is 11.4 Å². The molecule has 128 valence electrons. The van der Waals surface area contributed by atoms with E-state index in [9.17, 15) is 4.79 Å². The summed E-state index contributed by atoms with van der Waals surface area (Å²) >= 11 is 1.36. The Kier molecular flexibility index (Phi) is 4.05. The Morgan fingerprint density at radius 1 is 1.24 bits per heavy atom. The van der Waals surface area contributed by atoms with Gasteiger partial charge in [0, 0.05) is 16.8 Å². The smallest absolute Gasteiger partial charge is 0.267 e. The summed E-state index contributed by atoms with van der Waals surface area (Å²) in [5.41, 5.74) is 9.91. The number of aromatic nitrogens is 1. The average molecular weight is 353 g/mol. The second-order valence-corrected chi connectivity index (χ2v) is 7.18. The second-order valence-electron chi connectivity index (χ2n) is 6.18. The highest BCUT2D eigenvalue weighted by atomic mass is 32.1. The number of nitrogens with two attached hydrogens (primary N) is 1. The summed E-state index contributed by atoms with van der Waals surface area (Å²) < 4.78 is 5.13. The fourth-order valence-corrected chi connectivity index (χ4v) is 4.18. The fourth-order valence-electron chi connectivity index (χ4n) is 3.19. The van der Waals surface area contributed by atoms with Crippen molar-refractivity contribution in [2.24, 2.45) is 0 Å². The van der Waals surface area contributed by atoms with Gasteiger partial charge in [0.15, 0.2) is 0 Å². The van der Waals surface area contributed by atoms with Gasteiger partial charge in [0.2, 0.25) is 0 Å². The lowest BCUT2D eigenvalue weighted by molar-refractivity contribution is 0.103. The van der Waals surface area contributed by atoms with Crippen molar-refractivity contribution in [2.45, 2.75) is 25.7 Å². The normalized spacial score (nSPS) is 13.5. The van der Waals surface area contributed by atoms with E-state index in [1.54, 1.807) is 31.4 Å². The number of carbonyl (C=O) groups excluding carboxylic acids is 1. The molecule has 5 nitrogen and oxygen atoms in total. The van der Waals surface area contributed by atoms with Crippen molar-refractivity contribution in [3.8, 4) is 5.75 Å². The highest BCUT2D eigenvalue weighted by Crippen LogP contribution is 2.35.